The van der Waals surface area contributed by atoms with Crippen LogP contribution in [0.3, 0.4) is 0 Å². The van der Waals surface area contributed by atoms with E-state index in [-0.39, 0.29) is 12.1 Å². The van der Waals surface area contributed by atoms with Crippen LogP contribution in [-0.2, 0) is 0 Å². The number of hydrogen-bond donors (Lipinski definition) is 1. The van der Waals surface area contributed by atoms with Crippen LogP contribution < -0.4 is 9.47 Å². The second-order valence-electron chi connectivity index (χ2n) is 6.51. The number of nitrogens with zero attached hydrogens (tertiary/aromatic N) is 3. The fourth-order valence-corrected chi connectivity index (χ4v) is 3.74. The third-order valence-corrected chi connectivity index (χ3v) is 5.30. The minimum Gasteiger partial charge on any atom is -0.486 e. The molecule has 1 aromatic rings. The van der Waals surface area contributed by atoms with E-state index >= 15 is 0 Å². The van der Waals surface area contributed by atoms with Gasteiger partial charge >= 0.3 is 0 Å². The smallest absolute Gasteiger partial charge is 0.186 e. The highest BCUT2D eigenvalue weighted by atomic mass is 32.2. The topological polar surface area (TPSA) is 72.6 Å². The third kappa shape index (κ3) is 4.20. The number of benzene rings is 1. The molecular weight excluding hydrogens is 336 g/mol. The molecule has 25 heavy (non-hydrogen) atoms. The summed E-state index contributed by atoms with van der Waals surface area (Å²) in [5.41, 5.74) is 1.17. The van der Waals surface area contributed by atoms with Gasteiger partial charge in [-0.05, 0) is 43.7 Å². The van der Waals surface area contributed by atoms with Gasteiger partial charge in [-0.2, -0.15) is 5.26 Å². The lowest BCUT2D eigenvalue weighted by molar-refractivity contribution is 0.0477. The van der Waals surface area contributed by atoms with E-state index in [2.05, 4.69) is 11.1 Å². The van der Waals surface area contributed by atoms with Crippen LogP contribution in [0, 0.1) is 23.8 Å². The van der Waals surface area contributed by atoms with Crippen LogP contribution >= 0.6 is 11.8 Å². The Bertz CT molecular complexity index is 668. The maximum Gasteiger partial charge on any atom is 0.186 e. The van der Waals surface area contributed by atoms with Crippen molar-refractivity contribution in [1.29, 1.82) is 10.7 Å². The van der Waals surface area contributed by atoms with Crippen molar-refractivity contribution >= 4 is 16.9 Å². The molecule has 3 rings (SSSR count). The third-order valence-electron chi connectivity index (χ3n) is 4.72. The van der Waals surface area contributed by atoms with E-state index in [1.165, 1.54) is 17.3 Å². The molecular formula is C18H24N4O2S. The highest BCUT2D eigenvalue weighted by molar-refractivity contribution is 8.13. The van der Waals surface area contributed by atoms with Crippen molar-refractivity contribution in [1.82, 2.24) is 9.80 Å². The molecule has 0 saturated carbocycles. The Morgan fingerprint density at radius 2 is 2.16 bits per heavy atom. The summed E-state index contributed by atoms with van der Waals surface area (Å²) in [7, 11) is 0. The second-order valence-corrected chi connectivity index (χ2v) is 7.31. The summed E-state index contributed by atoms with van der Waals surface area (Å²) in [4.78, 5) is 3.91. The predicted molar refractivity (Wildman–Crippen MR) is 99.2 cm³/mol. The number of fused-ring (bicyclic) bond motifs is 1. The van der Waals surface area contributed by atoms with Crippen molar-refractivity contribution in [2.45, 2.75) is 31.9 Å². The molecule has 2 aliphatic rings. The van der Waals surface area contributed by atoms with Gasteiger partial charge in [0.2, 0.25) is 0 Å². The van der Waals surface area contributed by atoms with Crippen LogP contribution in [0.15, 0.2) is 18.2 Å². The zero-order valence-corrected chi connectivity index (χ0v) is 15.5. The molecule has 1 fully saturated rings. The Balaban J connectivity index is 1.51. The SMILES string of the molecule is CSC(=N)N(C#N)C1CCN(CC2COc3cc(C)ccc3O2)CC1. The minimum absolute atomic E-state index is 0.0309. The highest BCUT2D eigenvalue weighted by Crippen LogP contribution is 2.32. The van der Waals surface area contributed by atoms with Crippen LogP contribution in [0.5, 0.6) is 11.5 Å². The first-order valence-corrected chi connectivity index (χ1v) is 9.77. The Morgan fingerprint density at radius 1 is 1.40 bits per heavy atom. The quantitative estimate of drug-likeness (QED) is 0.387. The van der Waals surface area contributed by atoms with Crippen LogP contribution in [0.25, 0.3) is 0 Å². The van der Waals surface area contributed by atoms with Gasteiger partial charge in [0, 0.05) is 25.7 Å². The van der Waals surface area contributed by atoms with E-state index in [4.69, 9.17) is 14.9 Å². The summed E-state index contributed by atoms with van der Waals surface area (Å²) in [5.74, 6) is 1.65. The van der Waals surface area contributed by atoms with E-state index in [9.17, 15) is 5.26 Å². The molecule has 2 heterocycles. The van der Waals surface area contributed by atoms with Gasteiger partial charge in [0.25, 0.3) is 0 Å². The Hall–Kier alpha value is -1.91. The first-order chi connectivity index (χ1) is 12.1. The second kappa shape index (κ2) is 7.98. The molecule has 0 bridgehead atoms. The molecule has 0 radical (unpaired) electrons. The molecule has 1 unspecified atom stereocenters. The molecule has 1 aromatic carbocycles. The van der Waals surface area contributed by atoms with Gasteiger partial charge in [-0.25, -0.2) is 0 Å². The van der Waals surface area contributed by atoms with Gasteiger partial charge in [0.15, 0.2) is 22.9 Å². The van der Waals surface area contributed by atoms with Gasteiger partial charge in [-0.15, -0.1) is 0 Å². The maximum absolute atomic E-state index is 9.29. The Kier molecular flexibility index (Phi) is 5.71. The standard InChI is InChI=1S/C18H24N4O2S/c1-13-3-4-16-17(9-13)23-11-15(24-16)10-21-7-5-14(6-8-21)22(12-19)18(20)25-2/h3-4,9,14-15,20H,5-8,10-11H2,1-2H3. The van der Waals surface area contributed by atoms with Crippen LogP contribution in [0.4, 0.5) is 0 Å². The minimum atomic E-state index is 0.0309. The van der Waals surface area contributed by atoms with Gasteiger partial charge in [-0.3, -0.25) is 15.2 Å². The predicted octanol–water partition coefficient (Wildman–Crippen LogP) is 2.68. The lowest BCUT2D eigenvalue weighted by atomic mass is 10.0. The van der Waals surface area contributed by atoms with E-state index in [0.29, 0.717) is 11.8 Å². The molecule has 1 atom stereocenters. The number of rotatable bonds is 3. The number of amidine groups is 1. The van der Waals surface area contributed by atoms with Crippen LogP contribution in [-0.4, -0.2) is 59.6 Å². The lowest BCUT2D eigenvalue weighted by Gasteiger charge is -2.37. The summed E-state index contributed by atoms with van der Waals surface area (Å²) in [6, 6.07) is 6.15. The molecule has 0 spiro atoms. The van der Waals surface area contributed by atoms with Crippen molar-refractivity contribution in [3.05, 3.63) is 23.8 Å². The van der Waals surface area contributed by atoms with Gasteiger partial charge in [0.1, 0.15) is 12.7 Å². The van der Waals surface area contributed by atoms with E-state index in [1.807, 2.05) is 31.4 Å². The summed E-state index contributed by atoms with van der Waals surface area (Å²) in [6.45, 7) is 5.25. The largest absolute Gasteiger partial charge is 0.486 e. The molecule has 134 valence electrons. The lowest BCUT2D eigenvalue weighted by Crippen LogP contribution is -2.48. The molecule has 2 aliphatic heterocycles. The Morgan fingerprint density at radius 3 is 2.84 bits per heavy atom. The zero-order valence-electron chi connectivity index (χ0n) is 14.7. The normalized spacial score (nSPS) is 20.8. The fraction of sp³-hybridized carbons (Fsp3) is 0.556. The average molecular weight is 360 g/mol. The molecule has 0 amide bonds. The number of likely N-dealkylation sites (tertiary alicyclic amines) is 1. The number of nitriles is 1. The number of nitrogens with one attached hydrogen (secondary N) is 1. The number of thioether (sulfide) groups is 1. The molecule has 0 aliphatic carbocycles. The number of aryl methyl sites for hydroxylation is 1. The van der Waals surface area contributed by atoms with Crippen molar-refractivity contribution in [2.75, 3.05) is 32.5 Å². The maximum atomic E-state index is 9.29. The first-order valence-electron chi connectivity index (χ1n) is 8.54. The van der Waals surface area contributed by atoms with Crippen LogP contribution in [0.1, 0.15) is 18.4 Å². The van der Waals surface area contributed by atoms with Crippen LogP contribution in [0.2, 0.25) is 0 Å². The molecule has 7 heteroatoms. The Labute approximate surface area is 153 Å². The van der Waals surface area contributed by atoms with E-state index in [1.54, 1.807) is 4.90 Å². The van der Waals surface area contributed by atoms with Crippen molar-refractivity contribution in [3.8, 4) is 17.7 Å². The molecule has 6 nitrogen and oxygen atoms in total. The number of ether oxygens (including phenoxy) is 2. The average Bonchev–Trinajstić information content (AvgIpc) is 2.63. The van der Waals surface area contributed by atoms with E-state index < -0.39 is 0 Å². The molecule has 1 N–H and O–H groups in total. The summed E-state index contributed by atoms with van der Waals surface area (Å²) < 4.78 is 11.9. The first kappa shape index (κ1) is 17.9. The summed E-state index contributed by atoms with van der Waals surface area (Å²) >= 11 is 1.31. The molecule has 1 saturated heterocycles. The van der Waals surface area contributed by atoms with Crippen molar-refractivity contribution in [2.24, 2.45) is 0 Å². The number of piperidine rings is 1. The van der Waals surface area contributed by atoms with Gasteiger partial charge < -0.3 is 9.47 Å². The van der Waals surface area contributed by atoms with Gasteiger partial charge in [-0.1, -0.05) is 17.8 Å². The monoisotopic (exact) mass is 360 g/mol. The summed E-state index contributed by atoms with van der Waals surface area (Å²) in [5, 5.41) is 17.5. The van der Waals surface area contributed by atoms with Crippen molar-refractivity contribution < 1.29 is 9.47 Å². The fourth-order valence-electron chi connectivity index (χ4n) is 3.35. The summed E-state index contributed by atoms with van der Waals surface area (Å²) in [6.07, 6.45) is 5.80. The van der Waals surface area contributed by atoms with E-state index in [0.717, 1.165) is 44.0 Å². The van der Waals surface area contributed by atoms with Crippen molar-refractivity contribution in [3.63, 3.8) is 0 Å². The number of hydrogen-bond acceptors (Lipinski definition) is 6. The zero-order chi connectivity index (χ0) is 17.8. The highest BCUT2D eigenvalue weighted by Gasteiger charge is 2.29. The van der Waals surface area contributed by atoms with Gasteiger partial charge in [0.05, 0.1) is 0 Å². The molecule has 0 aromatic heterocycles.